The third-order valence-electron chi connectivity index (χ3n) is 2.99. The van der Waals surface area contributed by atoms with Crippen molar-refractivity contribution in [3.63, 3.8) is 0 Å². The predicted molar refractivity (Wildman–Crippen MR) is 72.0 cm³/mol. The Morgan fingerprint density at radius 2 is 2.24 bits per heavy atom. The number of nitro groups is 1. The number of hydrogen-bond donors (Lipinski definition) is 0. The minimum atomic E-state index is -0.741. The maximum absolute atomic E-state index is 13.1. The van der Waals surface area contributed by atoms with Gasteiger partial charge in [-0.15, -0.1) is 0 Å². The van der Waals surface area contributed by atoms with Gasteiger partial charge >= 0.3 is 5.97 Å². The van der Waals surface area contributed by atoms with E-state index in [1.54, 1.807) is 6.92 Å². The lowest BCUT2D eigenvalue weighted by atomic mass is 10.0. The Kier molecular flexibility index (Phi) is 4.52. The molecular weight excluding hydrogens is 281 g/mol. The van der Waals surface area contributed by atoms with Crippen LogP contribution in [0.25, 0.3) is 11.0 Å². The minimum absolute atomic E-state index is 0.156. The number of nitrogens with zero attached hydrogens (tertiary/aromatic N) is 1. The highest BCUT2D eigenvalue weighted by atomic mass is 19.1. The normalized spacial score (nSPS) is 12.3. The average molecular weight is 295 g/mol. The molecule has 21 heavy (non-hydrogen) atoms. The lowest BCUT2D eigenvalue weighted by molar-refractivity contribution is -0.483. The molecule has 1 atom stereocenters. The van der Waals surface area contributed by atoms with Crippen LogP contribution in [0.2, 0.25) is 0 Å². The van der Waals surface area contributed by atoms with Gasteiger partial charge in [-0.05, 0) is 31.2 Å². The number of carbonyl (C=O) groups excluding carboxylic acids is 1. The lowest BCUT2D eigenvalue weighted by Gasteiger charge is -2.09. The van der Waals surface area contributed by atoms with Gasteiger partial charge in [0, 0.05) is 10.3 Å². The first kappa shape index (κ1) is 15.0. The van der Waals surface area contributed by atoms with E-state index >= 15 is 0 Å². The molecule has 0 saturated heterocycles. The molecule has 1 aromatic carbocycles. The maximum atomic E-state index is 13.1. The summed E-state index contributed by atoms with van der Waals surface area (Å²) >= 11 is 0. The van der Waals surface area contributed by atoms with Crippen LogP contribution in [0.5, 0.6) is 0 Å². The van der Waals surface area contributed by atoms with E-state index in [0.717, 1.165) is 0 Å². The van der Waals surface area contributed by atoms with E-state index in [9.17, 15) is 19.3 Å². The van der Waals surface area contributed by atoms with Gasteiger partial charge in [0.25, 0.3) is 0 Å². The monoisotopic (exact) mass is 295 g/mol. The van der Waals surface area contributed by atoms with Crippen LogP contribution in [-0.2, 0) is 9.53 Å². The van der Waals surface area contributed by atoms with Crippen LogP contribution in [0, 0.1) is 15.9 Å². The summed E-state index contributed by atoms with van der Waals surface area (Å²) in [5.41, 5.74) is 0.420. The second kappa shape index (κ2) is 6.34. The van der Waals surface area contributed by atoms with E-state index in [1.807, 2.05) is 0 Å². The van der Waals surface area contributed by atoms with E-state index in [-0.39, 0.29) is 18.8 Å². The summed E-state index contributed by atoms with van der Waals surface area (Å²) in [6.45, 7) is 1.40. The van der Waals surface area contributed by atoms with Gasteiger partial charge < -0.3 is 9.15 Å². The van der Waals surface area contributed by atoms with Gasteiger partial charge in [0.05, 0.1) is 18.9 Å². The van der Waals surface area contributed by atoms with Gasteiger partial charge in [0.1, 0.15) is 17.2 Å². The molecule has 0 N–H and O–H groups in total. The summed E-state index contributed by atoms with van der Waals surface area (Å²) in [6, 6.07) is 5.48. The molecule has 0 radical (unpaired) electrons. The molecule has 1 aromatic heterocycles. The summed E-state index contributed by atoms with van der Waals surface area (Å²) < 4.78 is 23.4. The van der Waals surface area contributed by atoms with Crippen molar-refractivity contribution in [2.45, 2.75) is 19.3 Å². The van der Waals surface area contributed by atoms with E-state index in [0.29, 0.717) is 11.0 Å². The Bertz CT molecular complexity index is 666. The zero-order valence-corrected chi connectivity index (χ0v) is 11.4. The molecule has 6 nitrogen and oxygen atoms in total. The number of fused-ring (bicyclic) bond motifs is 1. The van der Waals surface area contributed by atoms with Crippen LogP contribution in [-0.4, -0.2) is 24.0 Å². The van der Waals surface area contributed by atoms with Crippen LogP contribution < -0.4 is 0 Å². The van der Waals surface area contributed by atoms with Crippen LogP contribution in [0.3, 0.4) is 0 Å². The molecule has 2 rings (SSSR count). The summed E-state index contributed by atoms with van der Waals surface area (Å²) in [5, 5.41) is 11.2. The van der Waals surface area contributed by atoms with Gasteiger partial charge in [-0.3, -0.25) is 14.9 Å². The molecule has 0 saturated carbocycles. The van der Waals surface area contributed by atoms with E-state index in [2.05, 4.69) is 0 Å². The molecule has 2 aromatic rings. The second-order valence-electron chi connectivity index (χ2n) is 4.55. The molecule has 7 heteroatoms. The topological polar surface area (TPSA) is 82.6 Å². The standard InChI is InChI=1S/C14H14FNO5/c1-2-20-14(17)7-10(8-16(18)19)13-6-9-5-11(15)3-4-12(9)21-13/h3-6,10H,2,7-8H2,1H3. The first-order chi connectivity index (χ1) is 9.99. The number of carbonyl (C=O) groups is 1. The third kappa shape index (κ3) is 3.77. The zero-order valence-electron chi connectivity index (χ0n) is 11.4. The van der Waals surface area contributed by atoms with Crippen LogP contribution in [0.1, 0.15) is 25.0 Å². The van der Waals surface area contributed by atoms with Crippen molar-refractivity contribution in [2.24, 2.45) is 0 Å². The SMILES string of the molecule is CCOC(=O)CC(C[N+](=O)[O-])c1cc2cc(F)ccc2o1. The van der Waals surface area contributed by atoms with Gasteiger partial charge in [0.15, 0.2) is 0 Å². The summed E-state index contributed by atoms with van der Waals surface area (Å²) in [4.78, 5) is 21.8. The van der Waals surface area contributed by atoms with Crippen molar-refractivity contribution in [2.75, 3.05) is 13.2 Å². The number of esters is 1. The van der Waals surface area contributed by atoms with E-state index in [1.165, 1.54) is 24.3 Å². The average Bonchev–Trinajstić information content (AvgIpc) is 2.80. The highest BCUT2D eigenvalue weighted by Gasteiger charge is 2.25. The van der Waals surface area contributed by atoms with Gasteiger partial charge in [0.2, 0.25) is 6.54 Å². The molecule has 0 fully saturated rings. The number of rotatable bonds is 6. The Balaban J connectivity index is 2.28. The molecule has 0 aliphatic carbocycles. The molecule has 0 amide bonds. The zero-order chi connectivity index (χ0) is 15.4. The predicted octanol–water partition coefficient (Wildman–Crippen LogP) is 2.89. The van der Waals surface area contributed by atoms with Crippen LogP contribution in [0.15, 0.2) is 28.7 Å². The Hall–Kier alpha value is -2.44. The van der Waals surface area contributed by atoms with E-state index < -0.39 is 29.2 Å². The molecule has 1 unspecified atom stereocenters. The van der Waals surface area contributed by atoms with Crippen molar-refractivity contribution >= 4 is 16.9 Å². The fraction of sp³-hybridized carbons (Fsp3) is 0.357. The molecule has 112 valence electrons. The van der Waals surface area contributed by atoms with Crippen molar-refractivity contribution in [1.82, 2.24) is 0 Å². The number of ether oxygens (including phenoxy) is 1. The highest BCUT2D eigenvalue weighted by molar-refractivity contribution is 5.78. The molecule has 0 aliphatic rings. The lowest BCUT2D eigenvalue weighted by Crippen LogP contribution is -2.17. The molecule has 0 bridgehead atoms. The number of benzene rings is 1. The molecular formula is C14H14FNO5. The largest absolute Gasteiger partial charge is 0.466 e. The minimum Gasteiger partial charge on any atom is -0.466 e. The van der Waals surface area contributed by atoms with E-state index in [4.69, 9.17) is 9.15 Å². The number of halogens is 1. The second-order valence-corrected chi connectivity index (χ2v) is 4.55. The van der Waals surface area contributed by atoms with Crippen molar-refractivity contribution in [3.05, 3.63) is 46.0 Å². The Labute approximate surface area is 119 Å². The van der Waals surface area contributed by atoms with Gasteiger partial charge in [-0.1, -0.05) is 0 Å². The fourth-order valence-corrected chi connectivity index (χ4v) is 2.09. The summed E-state index contributed by atoms with van der Waals surface area (Å²) in [7, 11) is 0. The maximum Gasteiger partial charge on any atom is 0.306 e. The smallest absolute Gasteiger partial charge is 0.306 e. The number of furan rings is 1. The first-order valence-corrected chi connectivity index (χ1v) is 6.46. The van der Waals surface area contributed by atoms with Crippen molar-refractivity contribution < 1.29 is 23.3 Å². The first-order valence-electron chi connectivity index (χ1n) is 6.46. The number of hydrogen-bond acceptors (Lipinski definition) is 5. The fourth-order valence-electron chi connectivity index (χ4n) is 2.09. The molecule has 0 spiro atoms. The van der Waals surface area contributed by atoms with Crippen LogP contribution in [0.4, 0.5) is 4.39 Å². The van der Waals surface area contributed by atoms with Crippen LogP contribution >= 0.6 is 0 Å². The quantitative estimate of drug-likeness (QED) is 0.465. The van der Waals surface area contributed by atoms with Gasteiger partial charge in [-0.25, -0.2) is 4.39 Å². The Morgan fingerprint density at radius 1 is 1.48 bits per heavy atom. The Morgan fingerprint density at radius 3 is 2.90 bits per heavy atom. The summed E-state index contributed by atoms with van der Waals surface area (Å²) in [6.07, 6.45) is -0.156. The third-order valence-corrected chi connectivity index (χ3v) is 2.99. The van der Waals surface area contributed by atoms with Crippen molar-refractivity contribution in [3.8, 4) is 0 Å². The highest BCUT2D eigenvalue weighted by Crippen LogP contribution is 2.28. The van der Waals surface area contributed by atoms with Crippen molar-refractivity contribution in [1.29, 1.82) is 0 Å². The molecule has 1 heterocycles. The molecule has 0 aliphatic heterocycles. The summed E-state index contributed by atoms with van der Waals surface area (Å²) in [5.74, 6) is -1.42. The van der Waals surface area contributed by atoms with Gasteiger partial charge in [-0.2, -0.15) is 0 Å².